The number of hydrogen-bond acceptors (Lipinski definition) is 1. The summed E-state index contributed by atoms with van der Waals surface area (Å²) in [4.78, 5) is 0. The molecule has 2 heteroatoms. The highest BCUT2D eigenvalue weighted by atomic mass is 28.3. The van der Waals surface area contributed by atoms with Gasteiger partial charge in [0, 0.05) is 0 Å². The lowest BCUT2D eigenvalue weighted by Gasteiger charge is -2.08. The van der Waals surface area contributed by atoms with Gasteiger partial charge in [-0.05, 0) is 12.3 Å². The van der Waals surface area contributed by atoms with Crippen LogP contribution in [0.5, 0.6) is 0 Å². The van der Waals surface area contributed by atoms with Gasteiger partial charge in [-0.3, -0.25) is 0 Å². The molecule has 0 heterocycles. The maximum atomic E-state index is 9.43. The van der Waals surface area contributed by atoms with Crippen LogP contribution < -0.4 is 0 Å². The van der Waals surface area contributed by atoms with Crippen molar-refractivity contribution in [1.29, 1.82) is 0 Å². The first kappa shape index (κ1) is 11.7. The fraction of sp³-hybridized carbons (Fsp3) is 0.800. The fourth-order valence-corrected chi connectivity index (χ4v) is 1.40. The van der Waals surface area contributed by atoms with E-state index < -0.39 is 14.2 Å². The molecular formula is C10H20OSi. The van der Waals surface area contributed by atoms with E-state index in [1.165, 1.54) is 0 Å². The van der Waals surface area contributed by atoms with E-state index in [0.29, 0.717) is 5.92 Å². The average Bonchev–Trinajstić information content (AvgIpc) is 1.80. The van der Waals surface area contributed by atoms with Crippen molar-refractivity contribution in [3.63, 3.8) is 0 Å². The summed E-state index contributed by atoms with van der Waals surface area (Å²) in [6, 6.07) is 0. The molecule has 0 amide bonds. The molecule has 0 aromatic rings. The summed E-state index contributed by atoms with van der Waals surface area (Å²) in [5.41, 5.74) is 3.17. The van der Waals surface area contributed by atoms with Crippen LogP contribution in [0.15, 0.2) is 0 Å². The molecule has 0 aliphatic carbocycles. The monoisotopic (exact) mass is 184 g/mol. The highest BCUT2D eigenvalue weighted by Crippen LogP contribution is 2.04. The molecule has 0 bridgehead atoms. The zero-order valence-corrected chi connectivity index (χ0v) is 9.81. The van der Waals surface area contributed by atoms with Crippen molar-refractivity contribution < 1.29 is 5.11 Å². The van der Waals surface area contributed by atoms with Crippen molar-refractivity contribution in [3.8, 4) is 11.5 Å². The van der Waals surface area contributed by atoms with E-state index in [1.807, 2.05) is 0 Å². The van der Waals surface area contributed by atoms with E-state index in [9.17, 15) is 5.11 Å². The van der Waals surface area contributed by atoms with Crippen LogP contribution in [0.25, 0.3) is 0 Å². The van der Waals surface area contributed by atoms with Gasteiger partial charge in [-0.15, -0.1) is 5.54 Å². The van der Waals surface area contributed by atoms with E-state index in [0.717, 1.165) is 6.42 Å². The molecule has 0 rings (SSSR count). The van der Waals surface area contributed by atoms with E-state index in [2.05, 4.69) is 45.0 Å². The summed E-state index contributed by atoms with van der Waals surface area (Å²) in [7, 11) is -1.29. The van der Waals surface area contributed by atoms with Crippen molar-refractivity contribution in [1.82, 2.24) is 0 Å². The average molecular weight is 184 g/mol. The van der Waals surface area contributed by atoms with Gasteiger partial charge in [0.15, 0.2) is 0 Å². The second-order valence-electron chi connectivity index (χ2n) is 4.66. The van der Waals surface area contributed by atoms with E-state index in [4.69, 9.17) is 0 Å². The van der Waals surface area contributed by atoms with Gasteiger partial charge in [-0.25, -0.2) is 0 Å². The van der Waals surface area contributed by atoms with Gasteiger partial charge in [0.05, 0.1) is 0 Å². The zero-order chi connectivity index (χ0) is 9.78. The molecule has 70 valence electrons. The second-order valence-corrected chi connectivity index (χ2v) is 9.41. The van der Waals surface area contributed by atoms with Crippen molar-refractivity contribution in [3.05, 3.63) is 0 Å². The fourth-order valence-electron chi connectivity index (χ4n) is 0.805. The minimum atomic E-state index is -1.29. The molecule has 12 heavy (non-hydrogen) atoms. The Bertz CT molecular complexity index is 180. The summed E-state index contributed by atoms with van der Waals surface area (Å²) in [5, 5.41) is 9.43. The van der Waals surface area contributed by atoms with Gasteiger partial charge in [-0.2, -0.15) is 0 Å². The third kappa shape index (κ3) is 7.84. The van der Waals surface area contributed by atoms with Gasteiger partial charge in [-0.1, -0.05) is 39.4 Å². The lowest BCUT2D eigenvalue weighted by molar-refractivity contribution is 0.204. The SMILES string of the molecule is CC(C)C[C@@H](O)C#C[Si](C)(C)C. The van der Waals surface area contributed by atoms with Crippen LogP contribution in [-0.2, 0) is 0 Å². The van der Waals surface area contributed by atoms with Gasteiger partial charge < -0.3 is 5.11 Å². The van der Waals surface area contributed by atoms with E-state index in [1.54, 1.807) is 0 Å². The molecule has 0 aliphatic heterocycles. The molecule has 0 aromatic carbocycles. The van der Waals surface area contributed by atoms with Crippen LogP contribution in [0, 0.1) is 17.4 Å². The largest absolute Gasteiger partial charge is 0.380 e. The molecule has 0 aromatic heterocycles. The molecule has 0 saturated carbocycles. The van der Waals surface area contributed by atoms with Gasteiger partial charge in [0.1, 0.15) is 14.2 Å². The Morgan fingerprint density at radius 2 is 1.75 bits per heavy atom. The van der Waals surface area contributed by atoms with Crippen molar-refractivity contribution in [2.75, 3.05) is 0 Å². The maximum absolute atomic E-state index is 9.43. The number of hydrogen-bond donors (Lipinski definition) is 1. The predicted molar refractivity (Wildman–Crippen MR) is 56.6 cm³/mol. The molecule has 1 N–H and O–H groups in total. The molecule has 0 aliphatic rings. The summed E-state index contributed by atoms with van der Waals surface area (Å²) in [6.45, 7) is 10.7. The molecule has 0 fully saturated rings. The van der Waals surface area contributed by atoms with Crippen LogP contribution in [0.3, 0.4) is 0 Å². The quantitative estimate of drug-likeness (QED) is 0.515. The lowest BCUT2D eigenvalue weighted by Crippen LogP contribution is -2.18. The smallest absolute Gasteiger partial charge is 0.129 e. The summed E-state index contributed by atoms with van der Waals surface area (Å²) >= 11 is 0. The minimum absolute atomic E-state index is 0.420. The lowest BCUT2D eigenvalue weighted by atomic mass is 10.1. The third-order valence-corrected chi connectivity index (χ3v) is 2.20. The Morgan fingerprint density at radius 3 is 2.08 bits per heavy atom. The van der Waals surface area contributed by atoms with Crippen molar-refractivity contribution in [2.24, 2.45) is 5.92 Å². The predicted octanol–water partition coefficient (Wildman–Crippen LogP) is 2.27. The van der Waals surface area contributed by atoms with Gasteiger partial charge in [0.2, 0.25) is 0 Å². The maximum Gasteiger partial charge on any atom is 0.129 e. The molecule has 0 saturated heterocycles. The third-order valence-electron chi connectivity index (χ3n) is 1.31. The molecular weight excluding hydrogens is 164 g/mol. The molecule has 1 atom stereocenters. The van der Waals surface area contributed by atoms with Gasteiger partial charge >= 0.3 is 0 Å². The Morgan fingerprint density at radius 1 is 1.25 bits per heavy atom. The first-order valence-corrected chi connectivity index (χ1v) is 8.02. The van der Waals surface area contributed by atoms with E-state index in [-0.39, 0.29) is 0 Å². The normalized spacial score (nSPS) is 13.9. The number of aliphatic hydroxyl groups excluding tert-OH is 1. The van der Waals surface area contributed by atoms with Crippen LogP contribution in [-0.4, -0.2) is 19.3 Å². The minimum Gasteiger partial charge on any atom is -0.380 e. The molecule has 0 radical (unpaired) electrons. The van der Waals surface area contributed by atoms with Crippen LogP contribution in [0.1, 0.15) is 20.3 Å². The number of rotatable bonds is 2. The molecule has 0 spiro atoms. The number of aliphatic hydroxyl groups is 1. The molecule has 1 nitrogen and oxygen atoms in total. The Labute approximate surface area is 77.2 Å². The van der Waals surface area contributed by atoms with Gasteiger partial charge in [0.25, 0.3) is 0 Å². The summed E-state index contributed by atoms with van der Waals surface area (Å²) < 4.78 is 0. The van der Waals surface area contributed by atoms with Crippen LogP contribution >= 0.6 is 0 Å². The highest BCUT2D eigenvalue weighted by Gasteiger charge is 2.09. The first-order valence-electron chi connectivity index (χ1n) is 4.52. The topological polar surface area (TPSA) is 20.2 Å². The standard InChI is InChI=1S/C10H20OSi/c1-9(2)8-10(11)6-7-12(3,4)5/h9-11H,8H2,1-5H3/t10-/m0/s1. The summed E-state index contributed by atoms with van der Waals surface area (Å²) in [5.74, 6) is 3.45. The van der Waals surface area contributed by atoms with Crippen LogP contribution in [0.2, 0.25) is 19.6 Å². The van der Waals surface area contributed by atoms with E-state index >= 15 is 0 Å². The Kier molecular flexibility index (Phi) is 4.58. The second kappa shape index (κ2) is 4.69. The Balaban J connectivity index is 3.96. The summed E-state index contributed by atoms with van der Waals surface area (Å²) in [6.07, 6.45) is 0.369. The Hall–Kier alpha value is -0.263. The highest BCUT2D eigenvalue weighted by molar-refractivity contribution is 6.83. The molecule has 0 unspecified atom stereocenters. The van der Waals surface area contributed by atoms with Crippen LogP contribution in [0.4, 0.5) is 0 Å². The zero-order valence-electron chi connectivity index (χ0n) is 8.81. The van der Waals surface area contributed by atoms with Crippen molar-refractivity contribution >= 4 is 8.07 Å². The van der Waals surface area contributed by atoms with Crippen molar-refractivity contribution in [2.45, 2.75) is 46.0 Å². The first-order chi connectivity index (χ1) is 5.31.